The predicted molar refractivity (Wildman–Crippen MR) is 140 cm³/mol. The highest BCUT2D eigenvalue weighted by Crippen LogP contribution is 2.43. The molecule has 7 heteroatoms. The predicted octanol–water partition coefficient (Wildman–Crippen LogP) is 5.93. The number of carbonyl (C=O) groups excluding carboxylic acids is 3. The highest BCUT2D eigenvalue weighted by molar-refractivity contribution is 8.01. The van der Waals surface area contributed by atoms with Gasteiger partial charge in [0.2, 0.25) is 17.7 Å². The number of thioether (sulfide) groups is 1. The number of benzene rings is 4. The SMILES string of the molecule is CC(=O)Nc1ccc2ccccc2c1SC1CC(=O)N(c2ccc3c(c2)Cc2cc(F)ccc2-3)C1=O. The maximum absolute atomic E-state index is 13.7. The molecule has 1 saturated heterocycles. The van der Waals surface area contributed by atoms with Gasteiger partial charge >= 0.3 is 0 Å². The first-order chi connectivity index (χ1) is 17.4. The molecule has 178 valence electrons. The summed E-state index contributed by atoms with van der Waals surface area (Å²) in [5.74, 6) is -1.03. The van der Waals surface area contributed by atoms with E-state index in [4.69, 9.17) is 0 Å². The molecular formula is C29H21FN2O3S. The van der Waals surface area contributed by atoms with Crippen LogP contribution in [0.1, 0.15) is 24.5 Å². The number of hydrogen-bond acceptors (Lipinski definition) is 4. The minimum atomic E-state index is -0.615. The van der Waals surface area contributed by atoms with Crippen molar-refractivity contribution in [3.8, 4) is 11.1 Å². The number of nitrogens with one attached hydrogen (secondary N) is 1. The van der Waals surface area contributed by atoms with Gasteiger partial charge < -0.3 is 5.32 Å². The molecule has 2 aliphatic rings. The number of hydrogen-bond donors (Lipinski definition) is 1. The summed E-state index contributed by atoms with van der Waals surface area (Å²) in [4.78, 5) is 40.4. The van der Waals surface area contributed by atoms with Crippen LogP contribution in [0.15, 0.2) is 77.7 Å². The van der Waals surface area contributed by atoms with Crippen LogP contribution in [0.2, 0.25) is 0 Å². The van der Waals surface area contributed by atoms with Crippen LogP contribution >= 0.6 is 11.8 Å². The van der Waals surface area contributed by atoms with Gasteiger partial charge in [0, 0.05) is 18.2 Å². The van der Waals surface area contributed by atoms with E-state index in [-0.39, 0.29) is 30.0 Å². The smallest absolute Gasteiger partial charge is 0.247 e. The second kappa shape index (κ2) is 8.60. The molecule has 1 heterocycles. The first kappa shape index (κ1) is 22.5. The Morgan fingerprint density at radius 1 is 0.972 bits per heavy atom. The highest BCUT2D eigenvalue weighted by Gasteiger charge is 2.41. The van der Waals surface area contributed by atoms with Gasteiger partial charge in [-0.1, -0.05) is 42.5 Å². The first-order valence-corrected chi connectivity index (χ1v) is 12.5. The zero-order chi connectivity index (χ0) is 25.0. The molecule has 4 aromatic carbocycles. The quantitative estimate of drug-likeness (QED) is 0.313. The van der Waals surface area contributed by atoms with Gasteiger partial charge in [-0.2, -0.15) is 0 Å². The van der Waals surface area contributed by atoms with E-state index < -0.39 is 5.25 Å². The van der Waals surface area contributed by atoms with E-state index in [1.807, 2.05) is 48.5 Å². The van der Waals surface area contributed by atoms with Crippen LogP contribution in [0.5, 0.6) is 0 Å². The maximum Gasteiger partial charge on any atom is 0.247 e. The summed E-state index contributed by atoms with van der Waals surface area (Å²) in [6.45, 7) is 1.44. The minimum absolute atomic E-state index is 0.0642. The van der Waals surface area contributed by atoms with Crippen LogP contribution in [-0.2, 0) is 20.8 Å². The third kappa shape index (κ3) is 3.76. The summed E-state index contributed by atoms with van der Waals surface area (Å²) in [5.41, 5.74) is 4.98. The van der Waals surface area contributed by atoms with E-state index in [1.165, 1.54) is 35.7 Å². The zero-order valence-electron chi connectivity index (χ0n) is 19.4. The van der Waals surface area contributed by atoms with Crippen molar-refractivity contribution in [3.05, 3.63) is 89.7 Å². The summed E-state index contributed by atoms with van der Waals surface area (Å²) < 4.78 is 13.7. The summed E-state index contributed by atoms with van der Waals surface area (Å²) in [6.07, 6.45) is 0.621. The third-order valence-corrected chi connectivity index (χ3v) is 7.97. The van der Waals surface area contributed by atoms with E-state index in [1.54, 1.807) is 12.1 Å². The average molecular weight is 497 g/mol. The van der Waals surface area contributed by atoms with E-state index in [0.29, 0.717) is 17.8 Å². The standard InChI is InChI=1S/C29H21FN2O3S/c1-16(33)31-25-11-6-17-4-2-3-5-24(17)28(25)36-26-15-27(34)32(29(26)35)21-8-10-23-19(14-21)12-18-13-20(30)7-9-22(18)23/h2-11,13-14,26H,12,15H2,1H3,(H,31,33). The Bertz CT molecular complexity index is 1600. The van der Waals surface area contributed by atoms with Crippen LogP contribution < -0.4 is 10.2 Å². The van der Waals surface area contributed by atoms with Crippen molar-refractivity contribution >= 4 is 51.6 Å². The number of rotatable bonds is 4. The lowest BCUT2D eigenvalue weighted by atomic mass is 10.1. The number of imide groups is 1. The molecule has 1 aliphatic heterocycles. The largest absolute Gasteiger partial charge is 0.325 e. The minimum Gasteiger partial charge on any atom is -0.325 e. The Balaban J connectivity index is 1.31. The maximum atomic E-state index is 13.7. The van der Waals surface area contributed by atoms with Gasteiger partial charge in [0.1, 0.15) is 5.82 Å². The van der Waals surface area contributed by atoms with Gasteiger partial charge in [0.05, 0.1) is 16.6 Å². The molecule has 1 aliphatic carbocycles. The van der Waals surface area contributed by atoms with Crippen LogP contribution in [-0.4, -0.2) is 23.0 Å². The normalized spacial score (nSPS) is 16.4. The van der Waals surface area contributed by atoms with Crippen LogP contribution in [0.25, 0.3) is 21.9 Å². The molecule has 6 rings (SSSR count). The topological polar surface area (TPSA) is 66.5 Å². The average Bonchev–Trinajstić information content (AvgIpc) is 3.34. The molecule has 0 radical (unpaired) electrons. The molecule has 1 unspecified atom stereocenters. The molecule has 4 aromatic rings. The van der Waals surface area contributed by atoms with Crippen molar-refractivity contribution in [2.75, 3.05) is 10.2 Å². The molecule has 0 bridgehead atoms. The molecule has 5 nitrogen and oxygen atoms in total. The fourth-order valence-corrected chi connectivity index (χ4v) is 6.35. The number of halogens is 1. The van der Waals surface area contributed by atoms with Gasteiger partial charge in [0.25, 0.3) is 0 Å². The summed E-state index contributed by atoms with van der Waals surface area (Å²) in [7, 11) is 0. The molecule has 36 heavy (non-hydrogen) atoms. The molecule has 0 aromatic heterocycles. The highest BCUT2D eigenvalue weighted by atomic mass is 32.2. The molecule has 0 saturated carbocycles. The Morgan fingerprint density at radius 2 is 1.72 bits per heavy atom. The van der Waals surface area contributed by atoms with Gasteiger partial charge in [-0.25, -0.2) is 9.29 Å². The lowest BCUT2D eigenvalue weighted by molar-refractivity contribution is -0.121. The van der Waals surface area contributed by atoms with Gasteiger partial charge in [-0.3, -0.25) is 14.4 Å². The van der Waals surface area contributed by atoms with Crippen molar-refractivity contribution in [1.82, 2.24) is 0 Å². The summed E-state index contributed by atoms with van der Waals surface area (Å²) >= 11 is 1.31. The van der Waals surface area contributed by atoms with E-state index in [9.17, 15) is 18.8 Å². The molecule has 1 N–H and O–H groups in total. The fraction of sp³-hybridized carbons (Fsp3) is 0.138. The van der Waals surface area contributed by atoms with Crippen molar-refractivity contribution < 1.29 is 18.8 Å². The lowest BCUT2D eigenvalue weighted by Gasteiger charge is -2.18. The monoisotopic (exact) mass is 496 g/mol. The third-order valence-electron chi connectivity index (χ3n) is 6.64. The molecular weight excluding hydrogens is 475 g/mol. The molecule has 1 atom stereocenters. The second-order valence-corrected chi connectivity index (χ2v) is 10.3. The Kier molecular flexibility index (Phi) is 5.38. The van der Waals surface area contributed by atoms with Gasteiger partial charge in [-0.15, -0.1) is 11.8 Å². The van der Waals surface area contributed by atoms with Gasteiger partial charge in [0.15, 0.2) is 0 Å². The van der Waals surface area contributed by atoms with Crippen LogP contribution in [0.4, 0.5) is 15.8 Å². The number of amides is 3. The van der Waals surface area contributed by atoms with E-state index in [0.717, 1.165) is 37.9 Å². The van der Waals surface area contributed by atoms with E-state index in [2.05, 4.69) is 5.32 Å². The summed E-state index contributed by atoms with van der Waals surface area (Å²) in [5, 5.41) is 4.13. The number of carbonyl (C=O) groups is 3. The Morgan fingerprint density at radius 3 is 2.53 bits per heavy atom. The van der Waals surface area contributed by atoms with Crippen LogP contribution in [0.3, 0.4) is 0 Å². The summed E-state index contributed by atoms with van der Waals surface area (Å²) in [6, 6.07) is 21.8. The lowest BCUT2D eigenvalue weighted by Crippen LogP contribution is -2.31. The second-order valence-electron chi connectivity index (χ2n) is 9.04. The van der Waals surface area contributed by atoms with Crippen molar-refractivity contribution in [2.24, 2.45) is 0 Å². The van der Waals surface area contributed by atoms with Crippen molar-refractivity contribution in [1.29, 1.82) is 0 Å². The van der Waals surface area contributed by atoms with Gasteiger partial charge in [-0.05, 0) is 69.8 Å². The Labute approximate surface area is 211 Å². The Hall–Kier alpha value is -3.97. The fourth-order valence-electron chi connectivity index (χ4n) is 5.07. The molecule has 1 fully saturated rings. The van der Waals surface area contributed by atoms with E-state index >= 15 is 0 Å². The first-order valence-electron chi connectivity index (χ1n) is 11.6. The molecule has 0 spiro atoms. The van der Waals surface area contributed by atoms with Crippen molar-refractivity contribution in [2.45, 2.75) is 29.9 Å². The molecule has 3 amide bonds. The number of anilines is 2. The zero-order valence-corrected chi connectivity index (χ0v) is 20.2. The van der Waals surface area contributed by atoms with Crippen LogP contribution in [0, 0.1) is 5.82 Å². The number of fused-ring (bicyclic) bond motifs is 4. The van der Waals surface area contributed by atoms with Crippen molar-refractivity contribution in [3.63, 3.8) is 0 Å². The number of nitrogens with zero attached hydrogens (tertiary/aromatic N) is 1.